The maximum absolute atomic E-state index is 4.95. The standard InChI is InChI=1S/C19H39N5/c1-6-20-18(24-9-8-19(4,5)16-24)21-14-17(3)15-23-12-10-22(7-2)11-13-23/h17H,6-16H2,1-5H3,(H,20,21). The Morgan fingerprint density at radius 1 is 1.08 bits per heavy atom. The van der Waals surface area contributed by atoms with E-state index in [1.54, 1.807) is 0 Å². The van der Waals surface area contributed by atoms with Crippen molar-refractivity contribution in [3.05, 3.63) is 0 Å². The molecule has 2 aliphatic heterocycles. The van der Waals surface area contributed by atoms with E-state index in [1.165, 1.54) is 45.7 Å². The van der Waals surface area contributed by atoms with Crippen LogP contribution in [0.15, 0.2) is 4.99 Å². The fourth-order valence-corrected chi connectivity index (χ4v) is 3.75. The summed E-state index contributed by atoms with van der Waals surface area (Å²) in [6.45, 7) is 22.8. The largest absolute Gasteiger partial charge is 0.357 e. The van der Waals surface area contributed by atoms with E-state index in [2.05, 4.69) is 54.6 Å². The highest BCUT2D eigenvalue weighted by molar-refractivity contribution is 5.80. The van der Waals surface area contributed by atoms with Crippen molar-refractivity contribution in [3.63, 3.8) is 0 Å². The molecule has 0 saturated carbocycles. The van der Waals surface area contributed by atoms with Gasteiger partial charge in [0.1, 0.15) is 0 Å². The van der Waals surface area contributed by atoms with Gasteiger partial charge in [0.2, 0.25) is 0 Å². The van der Waals surface area contributed by atoms with E-state index in [9.17, 15) is 0 Å². The Balaban J connectivity index is 1.80. The Kier molecular flexibility index (Phi) is 7.35. The molecule has 2 heterocycles. The Hall–Kier alpha value is -0.810. The number of aliphatic imine (C=N–C) groups is 1. The molecule has 0 aromatic carbocycles. The number of nitrogens with zero attached hydrogens (tertiary/aromatic N) is 4. The Bertz CT molecular complexity index is 399. The van der Waals surface area contributed by atoms with Crippen LogP contribution in [0.5, 0.6) is 0 Å². The molecule has 0 radical (unpaired) electrons. The Morgan fingerprint density at radius 2 is 1.75 bits per heavy atom. The molecule has 24 heavy (non-hydrogen) atoms. The van der Waals surface area contributed by atoms with Crippen molar-refractivity contribution in [1.82, 2.24) is 20.0 Å². The second-order valence-electron chi connectivity index (χ2n) is 8.37. The van der Waals surface area contributed by atoms with Crippen LogP contribution in [0, 0.1) is 11.3 Å². The molecule has 0 aromatic rings. The second-order valence-corrected chi connectivity index (χ2v) is 8.37. The number of rotatable bonds is 6. The minimum atomic E-state index is 0.417. The highest BCUT2D eigenvalue weighted by atomic mass is 15.3. The Labute approximate surface area is 149 Å². The second kappa shape index (κ2) is 9.04. The summed E-state index contributed by atoms with van der Waals surface area (Å²) >= 11 is 0. The molecule has 0 aliphatic carbocycles. The van der Waals surface area contributed by atoms with E-state index in [-0.39, 0.29) is 0 Å². The molecular weight excluding hydrogens is 298 g/mol. The lowest BCUT2D eigenvalue weighted by Crippen LogP contribution is -2.47. The summed E-state index contributed by atoms with van der Waals surface area (Å²) in [5.41, 5.74) is 0.417. The molecule has 2 rings (SSSR count). The first-order valence-corrected chi connectivity index (χ1v) is 9.91. The first-order valence-electron chi connectivity index (χ1n) is 9.91. The molecule has 0 spiro atoms. The topological polar surface area (TPSA) is 34.1 Å². The van der Waals surface area contributed by atoms with E-state index in [0.29, 0.717) is 11.3 Å². The van der Waals surface area contributed by atoms with E-state index in [0.717, 1.165) is 32.1 Å². The molecule has 2 fully saturated rings. The van der Waals surface area contributed by atoms with Crippen LogP contribution < -0.4 is 5.32 Å². The van der Waals surface area contributed by atoms with Gasteiger partial charge >= 0.3 is 0 Å². The van der Waals surface area contributed by atoms with Crippen LogP contribution >= 0.6 is 0 Å². The molecule has 5 nitrogen and oxygen atoms in total. The van der Waals surface area contributed by atoms with Crippen LogP contribution in [0.4, 0.5) is 0 Å². The fraction of sp³-hybridized carbons (Fsp3) is 0.947. The van der Waals surface area contributed by atoms with Crippen molar-refractivity contribution >= 4 is 5.96 Å². The molecular formula is C19H39N5. The van der Waals surface area contributed by atoms with Crippen molar-refractivity contribution in [2.24, 2.45) is 16.3 Å². The highest BCUT2D eigenvalue weighted by Crippen LogP contribution is 2.28. The van der Waals surface area contributed by atoms with E-state index in [4.69, 9.17) is 4.99 Å². The fourth-order valence-electron chi connectivity index (χ4n) is 3.75. The summed E-state index contributed by atoms with van der Waals surface area (Å²) in [7, 11) is 0. The molecule has 1 unspecified atom stereocenters. The lowest BCUT2D eigenvalue weighted by atomic mass is 9.93. The van der Waals surface area contributed by atoms with Crippen LogP contribution in [0.3, 0.4) is 0 Å². The lowest BCUT2D eigenvalue weighted by molar-refractivity contribution is 0.125. The van der Waals surface area contributed by atoms with Gasteiger partial charge < -0.3 is 20.0 Å². The normalized spacial score (nSPS) is 24.4. The predicted octanol–water partition coefficient (Wildman–Crippen LogP) is 1.96. The third kappa shape index (κ3) is 5.92. The Morgan fingerprint density at radius 3 is 2.29 bits per heavy atom. The quantitative estimate of drug-likeness (QED) is 0.593. The monoisotopic (exact) mass is 337 g/mol. The summed E-state index contributed by atoms with van der Waals surface area (Å²) in [5.74, 6) is 1.73. The summed E-state index contributed by atoms with van der Waals surface area (Å²) in [6.07, 6.45) is 1.26. The molecule has 0 aromatic heterocycles. The predicted molar refractivity (Wildman–Crippen MR) is 104 cm³/mol. The van der Waals surface area contributed by atoms with Crippen molar-refractivity contribution < 1.29 is 0 Å². The van der Waals surface area contributed by atoms with Gasteiger partial charge in [-0.15, -0.1) is 0 Å². The van der Waals surface area contributed by atoms with E-state index >= 15 is 0 Å². The summed E-state index contributed by atoms with van der Waals surface area (Å²) in [4.78, 5) is 12.5. The van der Waals surface area contributed by atoms with E-state index < -0.39 is 0 Å². The average Bonchev–Trinajstić information content (AvgIpc) is 2.92. The minimum Gasteiger partial charge on any atom is -0.357 e. The van der Waals surface area contributed by atoms with Gasteiger partial charge in [-0.05, 0) is 31.2 Å². The maximum Gasteiger partial charge on any atom is 0.193 e. The van der Waals surface area contributed by atoms with Crippen LogP contribution in [0.1, 0.15) is 41.0 Å². The van der Waals surface area contributed by atoms with Gasteiger partial charge in [-0.3, -0.25) is 4.99 Å². The third-order valence-electron chi connectivity index (χ3n) is 5.35. The van der Waals surface area contributed by atoms with Crippen LogP contribution in [0.2, 0.25) is 0 Å². The first kappa shape index (κ1) is 19.5. The molecule has 1 N–H and O–H groups in total. The number of likely N-dealkylation sites (N-methyl/N-ethyl adjacent to an activating group) is 1. The number of likely N-dealkylation sites (tertiary alicyclic amines) is 1. The summed E-state index contributed by atoms with van der Waals surface area (Å²) < 4.78 is 0. The van der Waals surface area contributed by atoms with Gasteiger partial charge in [-0.25, -0.2) is 0 Å². The number of guanidine groups is 1. The van der Waals surface area contributed by atoms with Crippen molar-refractivity contribution in [1.29, 1.82) is 0 Å². The van der Waals surface area contributed by atoms with Gasteiger partial charge in [0.05, 0.1) is 0 Å². The zero-order valence-electron chi connectivity index (χ0n) is 16.6. The summed E-state index contributed by atoms with van der Waals surface area (Å²) in [6, 6.07) is 0. The average molecular weight is 338 g/mol. The van der Waals surface area contributed by atoms with Gasteiger partial charge in [-0.2, -0.15) is 0 Å². The van der Waals surface area contributed by atoms with Gasteiger partial charge in [0.25, 0.3) is 0 Å². The van der Waals surface area contributed by atoms with Crippen molar-refractivity contribution in [2.75, 3.05) is 65.4 Å². The van der Waals surface area contributed by atoms with Gasteiger partial charge in [0, 0.05) is 58.9 Å². The first-order chi connectivity index (χ1) is 11.4. The van der Waals surface area contributed by atoms with Crippen LogP contribution in [-0.4, -0.2) is 86.1 Å². The number of hydrogen-bond donors (Lipinski definition) is 1. The molecule has 2 aliphatic rings. The zero-order chi connectivity index (χ0) is 17.6. The molecule has 1 atom stereocenters. The smallest absolute Gasteiger partial charge is 0.193 e. The molecule has 2 saturated heterocycles. The SMILES string of the molecule is CCNC(=NCC(C)CN1CCN(CC)CC1)N1CCC(C)(C)C1. The molecule has 5 heteroatoms. The van der Waals surface area contributed by atoms with Crippen LogP contribution in [-0.2, 0) is 0 Å². The molecule has 140 valence electrons. The van der Waals surface area contributed by atoms with Crippen molar-refractivity contribution in [2.45, 2.75) is 41.0 Å². The van der Waals surface area contributed by atoms with Gasteiger partial charge in [-0.1, -0.05) is 27.7 Å². The zero-order valence-corrected chi connectivity index (χ0v) is 16.6. The highest BCUT2D eigenvalue weighted by Gasteiger charge is 2.30. The molecule has 0 bridgehead atoms. The molecule has 0 amide bonds. The minimum absolute atomic E-state index is 0.417. The number of nitrogens with one attached hydrogen (secondary N) is 1. The van der Waals surface area contributed by atoms with Crippen LogP contribution in [0.25, 0.3) is 0 Å². The lowest BCUT2D eigenvalue weighted by Gasteiger charge is -2.35. The number of hydrogen-bond acceptors (Lipinski definition) is 3. The third-order valence-corrected chi connectivity index (χ3v) is 5.35. The van der Waals surface area contributed by atoms with Crippen molar-refractivity contribution in [3.8, 4) is 0 Å². The number of piperazine rings is 1. The maximum atomic E-state index is 4.95. The van der Waals surface area contributed by atoms with Gasteiger partial charge in [0.15, 0.2) is 5.96 Å². The van der Waals surface area contributed by atoms with E-state index in [1.807, 2.05) is 0 Å². The summed E-state index contributed by atoms with van der Waals surface area (Å²) in [5, 5.41) is 3.49.